The number of ether oxygens (including phenoxy) is 2. The van der Waals surface area contributed by atoms with Gasteiger partial charge in [-0.15, -0.1) is 0 Å². The largest absolute Gasteiger partial charge is 0.462 e. The van der Waals surface area contributed by atoms with Crippen molar-refractivity contribution in [3.8, 4) is 0 Å². The summed E-state index contributed by atoms with van der Waals surface area (Å²) >= 11 is 0. The van der Waals surface area contributed by atoms with Crippen LogP contribution in [0.1, 0.15) is 76.1 Å². The molecule has 33 heavy (non-hydrogen) atoms. The van der Waals surface area contributed by atoms with Gasteiger partial charge in [0.2, 0.25) is 0 Å². The molecule has 7 atom stereocenters. The third-order valence-corrected chi connectivity index (χ3v) is 9.36. The first kappa shape index (κ1) is 22.4. The first-order chi connectivity index (χ1) is 15.7. The van der Waals surface area contributed by atoms with Crippen molar-refractivity contribution in [2.75, 3.05) is 0 Å². The van der Waals surface area contributed by atoms with Crippen LogP contribution in [0.15, 0.2) is 42.0 Å². The molecule has 5 rings (SSSR count). The Bertz CT molecular complexity index is 997. The summed E-state index contributed by atoms with van der Waals surface area (Å²) in [5.74, 6) is 0.539. The van der Waals surface area contributed by atoms with Crippen molar-refractivity contribution in [2.45, 2.75) is 77.9 Å². The maximum absolute atomic E-state index is 13.1. The Morgan fingerprint density at radius 2 is 1.64 bits per heavy atom. The van der Waals surface area contributed by atoms with Gasteiger partial charge in [0, 0.05) is 31.1 Å². The number of fused-ring (bicyclic) bond motifs is 5. The fraction of sp³-hybridized carbons (Fsp3) is 0.607. The zero-order valence-corrected chi connectivity index (χ0v) is 19.8. The topological polar surface area (TPSA) is 69.7 Å². The summed E-state index contributed by atoms with van der Waals surface area (Å²) in [7, 11) is 0. The second kappa shape index (κ2) is 8.11. The van der Waals surface area contributed by atoms with E-state index in [1.807, 2.05) is 18.2 Å². The van der Waals surface area contributed by atoms with E-state index in [1.54, 1.807) is 12.1 Å². The molecule has 4 aliphatic rings. The van der Waals surface area contributed by atoms with Crippen molar-refractivity contribution in [3.05, 3.63) is 47.5 Å². The fourth-order valence-electron chi connectivity index (χ4n) is 7.58. The molecule has 0 N–H and O–H groups in total. The molecule has 3 fully saturated rings. The van der Waals surface area contributed by atoms with E-state index in [4.69, 9.17) is 9.47 Å². The van der Waals surface area contributed by atoms with Gasteiger partial charge in [-0.2, -0.15) is 0 Å². The van der Waals surface area contributed by atoms with Gasteiger partial charge in [0.1, 0.15) is 18.0 Å². The lowest BCUT2D eigenvalue weighted by Gasteiger charge is -2.58. The lowest BCUT2D eigenvalue weighted by Crippen LogP contribution is -2.55. The van der Waals surface area contributed by atoms with Crippen LogP contribution in [0.2, 0.25) is 0 Å². The molecule has 0 heterocycles. The fourth-order valence-corrected chi connectivity index (χ4v) is 7.58. The minimum absolute atomic E-state index is 0.00998. The third kappa shape index (κ3) is 3.64. The van der Waals surface area contributed by atoms with Crippen LogP contribution in [-0.2, 0) is 19.1 Å². The maximum Gasteiger partial charge on any atom is 0.338 e. The van der Waals surface area contributed by atoms with Gasteiger partial charge in [0.25, 0.3) is 0 Å². The molecule has 3 saturated carbocycles. The second-order valence-electron chi connectivity index (χ2n) is 11.0. The van der Waals surface area contributed by atoms with Gasteiger partial charge >= 0.3 is 11.9 Å². The number of hydrogen-bond acceptors (Lipinski definition) is 5. The van der Waals surface area contributed by atoms with Crippen LogP contribution >= 0.6 is 0 Å². The number of Topliss-reactive ketones (excluding diaryl/α,β-unsaturated/α-hetero) is 1. The molecular weight excluding hydrogens is 416 g/mol. The first-order valence-corrected chi connectivity index (χ1v) is 12.4. The molecule has 0 bridgehead atoms. The van der Waals surface area contributed by atoms with Gasteiger partial charge in [0.05, 0.1) is 5.56 Å². The minimum atomic E-state index is -0.364. The number of rotatable bonds is 3. The van der Waals surface area contributed by atoms with Gasteiger partial charge in [-0.25, -0.2) is 4.79 Å². The molecule has 0 radical (unpaired) electrons. The Balaban J connectivity index is 1.52. The predicted octanol–water partition coefficient (Wildman–Crippen LogP) is 5.29. The highest BCUT2D eigenvalue weighted by molar-refractivity contribution is 5.89. The summed E-state index contributed by atoms with van der Waals surface area (Å²) in [5, 5.41) is 0. The molecule has 0 spiro atoms. The number of esters is 2. The summed E-state index contributed by atoms with van der Waals surface area (Å²) in [5.41, 5.74) is 1.47. The normalized spacial score (nSPS) is 39.5. The molecule has 0 unspecified atom stereocenters. The van der Waals surface area contributed by atoms with Crippen molar-refractivity contribution in [1.29, 1.82) is 0 Å². The number of carbonyl (C=O) groups is 3. The lowest BCUT2D eigenvalue weighted by molar-refractivity contribution is -0.149. The highest BCUT2D eigenvalue weighted by Gasteiger charge is 2.61. The van der Waals surface area contributed by atoms with Crippen molar-refractivity contribution in [2.24, 2.45) is 28.6 Å². The number of ketones is 1. The average Bonchev–Trinajstić information content (AvgIpc) is 3.09. The molecule has 0 aliphatic heterocycles. The summed E-state index contributed by atoms with van der Waals surface area (Å²) in [6.45, 7) is 5.94. The minimum Gasteiger partial charge on any atom is -0.462 e. The Kier molecular flexibility index (Phi) is 5.49. The Labute approximate surface area is 195 Å². The predicted molar refractivity (Wildman–Crippen MR) is 123 cm³/mol. The van der Waals surface area contributed by atoms with Gasteiger partial charge < -0.3 is 9.47 Å². The monoisotopic (exact) mass is 450 g/mol. The first-order valence-electron chi connectivity index (χ1n) is 12.4. The molecule has 5 heteroatoms. The van der Waals surface area contributed by atoms with Crippen molar-refractivity contribution in [1.82, 2.24) is 0 Å². The summed E-state index contributed by atoms with van der Waals surface area (Å²) in [6, 6.07) is 9.12. The summed E-state index contributed by atoms with van der Waals surface area (Å²) in [6.07, 6.45) is 7.56. The average molecular weight is 451 g/mol. The van der Waals surface area contributed by atoms with Gasteiger partial charge in [-0.05, 0) is 67.6 Å². The van der Waals surface area contributed by atoms with Crippen molar-refractivity contribution in [3.63, 3.8) is 0 Å². The molecular formula is C28H34O5. The highest BCUT2D eigenvalue weighted by Crippen LogP contribution is 2.64. The van der Waals surface area contributed by atoms with E-state index in [-0.39, 0.29) is 46.8 Å². The molecule has 1 aromatic carbocycles. The standard InChI is InChI=1S/C28H34O5/c1-17(29)32-20-11-13-27(2)19(15-20)16-23(33-26(31)18-7-5-4-6-8-18)25-21-9-10-24(30)28(21,3)14-12-22(25)27/h4-8,16,20-23,25H,9-15H2,1-3H3/t20-,21-,22-,23+,25-,27-,28-/m0/s1. The van der Waals surface area contributed by atoms with Crippen LogP contribution in [0, 0.1) is 28.6 Å². The molecule has 1 aromatic rings. The number of benzene rings is 1. The molecule has 4 aliphatic carbocycles. The molecule has 0 aromatic heterocycles. The summed E-state index contributed by atoms with van der Waals surface area (Å²) in [4.78, 5) is 37.6. The van der Waals surface area contributed by atoms with Crippen LogP contribution < -0.4 is 0 Å². The zero-order valence-electron chi connectivity index (χ0n) is 19.8. The van der Waals surface area contributed by atoms with E-state index < -0.39 is 0 Å². The van der Waals surface area contributed by atoms with Gasteiger partial charge in [-0.1, -0.05) is 37.6 Å². The van der Waals surface area contributed by atoms with Crippen LogP contribution in [0.25, 0.3) is 0 Å². The van der Waals surface area contributed by atoms with E-state index >= 15 is 0 Å². The van der Waals surface area contributed by atoms with Gasteiger partial charge in [0.15, 0.2) is 0 Å². The van der Waals surface area contributed by atoms with E-state index in [0.717, 1.165) is 32.1 Å². The van der Waals surface area contributed by atoms with E-state index in [0.29, 0.717) is 30.1 Å². The lowest BCUT2D eigenvalue weighted by atomic mass is 9.47. The molecule has 0 amide bonds. The maximum atomic E-state index is 13.1. The molecule has 5 nitrogen and oxygen atoms in total. The second-order valence-corrected chi connectivity index (χ2v) is 11.0. The summed E-state index contributed by atoms with van der Waals surface area (Å²) < 4.78 is 11.8. The number of hydrogen-bond donors (Lipinski definition) is 0. The van der Waals surface area contributed by atoms with E-state index in [2.05, 4.69) is 19.9 Å². The number of carbonyl (C=O) groups excluding carboxylic acids is 3. The van der Waals surface area contributed by atoms with E-state index in [1.165, 1.54) is 12.5 Å². The quantitative estimate of drug-likeness (QED) is 0.463. The Hall–Kier alpha value is -2.43. The van der Waals surface area contributed by atoms with Crippen LogP contribution in [0.3, 0.4) is 0 Å². The SMILES string of the molecule is CC(=O)O[C@H]1CC[C@@]2(C)C(=C[C@@H](OC(=O)c3ccccc3)[C@@H]3[C@@H]2CC[C@]2(C)C(=O)CC[C@@H]32)C1. The van der Waals surface area contributed by atoms with Crippen LogP contribution in [0.5, 0.6) is 0 Å². The Morgan fingerprint density at radius 3 is 2.36 bits per heavy atom. The molecule has 176 valence electrons. The zero-order chi connectivity index (χ0) is 23.4. The Morgan fingerprint density at radius 1 is 0.939 bits per heavy atom. The van der Waals surface area contributed by atoms with Crippen LogP contribution in [0.4, 0.5) is 0 Å². The van der Waals surface area contributed by atoms with Crippen molar-refractivity contribution < 1.29 is 23.9 Å². The third-order valence-electron chi connectivity index (χ3n) is 9.36. The van der Waals surface area contributed by atoms with Gasteiger partial charge in [-0.3, -0.25) is 9.59 Å². The van der Waals surface area contributed by atoms with E-state index in [9.17, 15) is 14.4 Å². The van der Waals surface area contributed by atoms with Crippen molar-refractivity contribution >= 4 is 17.7 Å². The smallest absolute Gasteiger partial charge is 0.338 e. The van der Waals surface area contributed by atoms with Crippen LogP contribution in [-0.4, -0.2) is 29.9 Å². The highest BCUT2D eigenvalue weighted by atomic mass is 16.5. The molecule has 0 saturated heterocycles.